The molecule has 0 aromatic heterocycles. The number of aliphatic imine (C=N–C) groups is 1. The SMILES string of the molecule is Oc1c(C2(C3CCCCC3)CCP(C3CCCCC3)C2=Nc2cccc3ccccc23)ccc2ccccc12. The van der Waals surface area contributed by atoms with Crippen molar-refractivity contribution in [1.82, 2.24) is 0 Å². The third kappa shape index (κ3) is 4.40. The summed E-state index contributed by atoms with van der Waals surface area (Å²) in [7, 11) is -0.359. The summed E-state index contributed by atoms with van der Waals surface area (Å²) in [6, 6.07) is 28.2. The Hall–Kier alpha value is -2.70. The summed E-state index contributed by atoms with van der Waals surface area (Å²) in [6.07, 6.45) is 15.6. The average Bonchev–Trinajstić information content (AvgIpc) is 3.38. The third-order valence-corrected chi connectivity index (χ3v) is 13.3. The maximum atomic E-state index is 12.0. The molecule has 39 heavy (non-hydrogen) atoms. The van der Waals surface area contributed by atoms with Crippen LogP contribution in [0.15, 0.2) is 83.9 Å². The molecule has 0 bridgehead atoms. The van der Waals surface area contributed by atoms with Crippen LogP contribution in [0, 0.1) is 5.92 Å². The fraction of sp³-hybridized carbons (Fsp3) is 0.417. The van der Waals surface area contributed by atoms with Crippen LogP contribution in [0.1, 0.15) is 76.2 Å². The molecule has 200 valence electrons. The lowest BCUT2D eigenvalue weighted by molar-refractivity contribution is 0.257. The molecule has 0 radical (unpaired) electrons. The van der Waals surface area contributed by atoms with Crippen molar-refractivity contribution in [3.8, 4) is 5.75 Å². The van der Waals surface area contributed by atoms with Crippen molar-refractivity contribution in [3.05, 3.63) is 84.4 Å². The number of hydrogen-bond acceptors (Lipinski definition) is 2. The van der Waals surface area contributed by atoms with Crippen LogP contribution in [0.2, 0.25) is 0 Å². The summed E-state index contributed by atoms with van der Waals surface area (Å²) in [6.45, 7) is 0. The van der Waals surface area contributed by atoms with Gasteiger partial charge in [-0.3, -0.25) is 4.99 Å². The number of aromatic hydroxyl groups is 1. The molecular formula is C36H40NOP. The van der Waals surface area contributed by atoms with Crippen molar-refractivity contribution in [2.24, 2.45) is 10.9 Å². The van der Waals surface area contributed by atoms with Crippen molar-refractivity contribution in [2.45, 2.75) is 81.7 Å². The number of rotatable bonds is 4. The van der Waals surface area contributed by atoms with Gasteiger partial charge in [0.05, 0.1) is 11.1 Å². The molecular weight excluding hydrogens is 493 g/mol. The number of phenols is 1. The normalized spacial score (nSPS) is 26.1. The van der Waals surface area contributed by atoms with Crippen LogP contribution in [0.3, 0.4) is 0 Å². The van der Waals surface area contributed by atoms with Gasteiger partial charge < -0.3 is 5.11 Å². The summed E-state index contributed by atoms with van der Waals surface area (Å²) in [4.78, 5) is 5.80. The second-order valence-electron chi connectivity index (χ2n) is 12.2. The summed E-state index contributed by atoms with van der Waals surface area (Å²) in [5.74, 6) is 1.05. The van der Waals surface area contributed by atoms with E-state index in [0.29, 0.717) is 11.7 Å². The molecule has 2 nitrogen and oxygen atoms in total. The van der Waals surface area contributed by atoms with Gasteiger partial charge in [-0.1, -0.05) is 119 Å². The van der Waals surface area contributed by atoms with Crippen LogP contribution < -0.4 is 0 Å². The van der Waals surface area contributed by atoms with Gasteiger partial charge in [0.25, 0.3) is 0 Å². The van der Waals surface area contributed by atoms with Crippen molar-refractivity contribution in [1.29, 1.82) is 0 Å². The van der Waals surface area contributed by atoms with Gasteiger partial charge in [0, 0.05) is 21.8 Å². The minimum atomic E-state index is -0.359. The van der Waals surface area contributed by atoms with Gasteiger partial charge >= 0.3 is 0 Å². The number of benzene rings is 4. The van der Waals surface area contributed by atoms with E-state index < -0.39 is 0 Å². The van der Waals surface area contributed by atoms with Gasteiger partial charge in [-0.15, -0.1) is 0 Å². The second-order valence-corrected chi connectivity index (χ2v) is 14.7. The maximum absolute atomic E-state index is 12.0. The lowest BCUT2D eigenvalue weighted by atomic mass is 9.63. The molecule has 2 aliphatic carbocycles. The highest BCUT2D eigenvalue weighted by atomic mass is 31.1. The van der Waals surface area contributed by atoms with E-state index >= 15 is 0 Å². The number of fused-ring (bicyclic) bond motifs is 2. The first-order valence-electron chi connectivity index (χ1n) is 15.3. The summed E-state index contributed by atoms with van der Waals surface area (Å²) < 4.78 is 0. The number of nitrogens with zero attached hydrogens (tertiary/aromatic N) is 1. The topological polar surface area (TPSA) is 32.6 Å². The van der Waals surface area contributed by atoms with Crippen molar-refractivity contribution in [3.63, 3.8) is 0 Å². The molecule has 2 saturated carbocycles. The molecule has 7 rings (SSSR count). The standard InChI is InChI=1S/C36H40NOP/c38-34-31-20-10-8-13-27(31)22-23-32(34)36(28-15-3-1-4-16-28)24-25-39(29-17-5-2-6-18-29)35(36)37-33-21-11-14-26-12-7-9-19-30(26)33/h7-14,19-23,28-29,38H,1-6,15-18,24-25H2. The first-order chi connectivity index (χ1) is 19.3. The molecule has 3 aliphatic rings. The zero-order valence-corrected chi connectivity index (χ0v) is 23.9. The second kappa shape index (κ2) is 10.7. The number of phenolic OH excluding ortho intramolecular Hbond substituents is 1. The molecule has 1 aliphatic heterocycles. The summed E-state index contributed by atoms with van der Waals surface area (Å²) >= 11 is 0. The minimum absolute atomic E-state index is 0.172. The van der Waals surface area contributed by atoms with E-state index in [9.17, 15) is 5.11 Å². The molecule has 4 aromatic rings. The van der Waals surface area contributed by atoms with Gasteiger partial charge in [-0.05, 0) is 66.7 Å². The van der Waals surface area contributed by atoms with E-state index in [-0.39, 0.29) is 13.3 Å². The van der Waals surface area contributed by atoms with Crippen LogP contribution in [0.5, 0.6) is 5.75 Å². The van der Waals surface area contributed by atoms with Crippen LogP contribution in [0.25, 0.3) is 21.5 Å². The average molecular weight is 534 g/mol. The molecule has 0 spiro atoms. The Balaban J connectivity index is 1.48. The lowest BCUT2D eigenvalue weighted by Crippen LogP contribution is -2.41. The van der Waals surface area contributed by atoms with E-state index in [2.05, 4.69) is 78.9 Å². The van der Waals surface area contributed by atoms with Crippen LogP contribution in [-0.2, 0) is 5.41 Å². The minimum Gasteiger partial charge on any atom is -0.507 e. The zero-order chi connectivity index (χ0) is 26.2. The first kappa shape index (κ1) is 25.3. The van der Waals surface area contributed by atoms with Crippen LogP contribution in [0.4, 0.5) is 5.69 Å². The van der Waals surface area contributed by atoms with Crippen LogP contribution >= 0.6 is 7.92 Å². The zero-order valence-electron chi connectivity index (χ0n) is 23.0. The lowest BCUT2D eigenvalue weighted by Gasteiger charge is -2.43. The maximum Gasteiger partial charge on any atom is 0.127 e. The highest BCUT2D eigenvalue weighted by Gasteiger charge is 2.54. The highest BCUT2D eigenvalue weighted by molar-refractivity contribution is 7.76. The van der Waals surface area contributed by atoms with Crippen LogP contribution in [-0.4, -0.2) is 22.4 Å². The quantitative estimate of drug-likeness (QED) is 0.260. The Morgan fingerprint density at radius 1 is 0.667 bits per heavy atom. The molecule has 3 fully saturated rings. The fourth-order valence-electron chi connectivity index (χ4n) is 8.18. The van der Waals surface area contributed by atoms with Crippen molar-refractivity contribution < 1.29 is 5.11 Å². The van der Waals surface area contributed by atoms with Crippen molar-refractivity contribution >= 4 is 40.6 Å². The highest BCUT2D eigenvalue weighted by Crippen LogP contribution is 2.66. The summed E-state index contributed by atoms with van der Waals surface area (Å²) in [5, 5.41) is 16.6. The largest absolute Gasteiger partial charge is 0.507 e. The molecule has 0 amide bonds. The summed E-state index contributed by atoms with van der Waals surface area (Å²) in [5.41, 5.74) is 4.34. The molecule has 3 heteroatoms. The molecule has 1 saturated heterocycles. The Bertz CT molecular complexity index is 1510. The predicted molar refractivity (Wildman–Crippen MR) is 168 cm³/mol. The van der Waals surface area contributed by atoms with E-state index in [1.165, 1.54) is 86.6 Å². The Labute approximate surface area is 234 Å². The predicted octanol–water partition coefficient (Wildman–Crippen LogP) is 10.5. The van der Waals surface area contributed by atoms with E-state index in [0.717, 1.165) is 34.1 Å². The van der Waals surface area contributed by atoms with E-state index in [4.69, 9.17) is 4.99 Å². The Kier molecular flexibility index (Phi) is 6.94. The van der Waals surface area contributed by atoms with Crippen molar-refractivity contribution in [2.75, 3.05) is 6.16 Å². The Morgan fingerprint density at radius 3 is 2.08 bits per heavy atom. The van der Waals surface area contributed by atoms with E-state index in [1.807, 2.05) is 0 Å². The van der Waals surface area contributed by atoms with Gasteiger partial charge in [0.2, 0.25) is 0 Å². The molecule has 1 heterocycles. The van der Waals surface area contributed by atoms with E-state index in [1.54, 1.807) is 0 Å². The first-order valence-corrected chi connectivity index (χ1v) is 16.9. The Morgan fingerprint density at radius 2 is 1.31 bits per heavy atom. The third-order valence-electron chi connectivity index (χ3n) is 10.1. The van der Waals surface area contributed by atoms with Gasteiger partial charge in [0.15, 0.2) is 0 Å². The molecule has 2 unspecified atom stereocenters. The monoisotopic (exact) mass is 533 g/mol. The molecule has 2 atom stereocenters. The van der Waals surface area contributed by atoms with Gasteiger partial charge in [-0.2, -0.15) is 0 Å². The van der Waals surface area contributed by atoms with Gasteiger partial charge in [0.1, 0.15) is 5.75 Å². The molecule has 4 aromatic carbocycles. The fourth-order valence-corrected chi connectivity index (χ4v) is 11.8. The number of hydrogen-bond donors (Lipinski definition) is 1. The van der Waals surface area contributed by atoms with Gasteiger partial charge in [-0.25, -0.2) is 0 Å². The molecule has 1 N–H and O–H groups in total. The smallest absolute Gasteiger partial charge is 0.127 e.